The van der Waals surface area contributed by atoms with Crippen molar-refractivity contribution >= 4 is 27.5 Å². The van der Waals surface area contributed by atoms with Gasteiger partial charge in [-0.15, -0.1) is 0 Å². The zero-order valence-electron chi connectivity index (χ0n) is 11.3. The van der Waals surface area contributed by atoms with Gasteiger partial charge in [-0.05, 0) is 43.2 Å². The number of sulfonamides is 1. The van der Waals surface area contributed by atoms with Crippen molar-refractivity contribution in [2.24, 2.45) is 0 Å². The van der Waals surface area contributed by atoms with Gasteiger partial charge >= 0.3 is 0 Å². The van der Waals surface area contributed by atoms with Crippen molar-refractivity contribution in [3.05, 3.63) is 24.0 Å². The van der Waals surface area contributed by atoms with E-state index in [9.17, 15) is 12.8 Å². The van der Waals surface area contributed by atoms with Crippen molar-refractivity contribution in [2.75, 3.05) is 11.5 Å². The molecule has 20 heavy (non-hydrogen) atoms. The van der Waals surface area contributed by atoms with Crippen molar-refractivity contribution in [3.8, 4) is 0 Å². The molecule has 3 N–H and O–H groups in total. The summed E-state index contributed by atoms with van der Waals surface area (Å²) in [5, 5.41) is 0.510. The Labute approximate surface area is 123 Å². The van der Waals surface area contributed by atoms with Gasteiger partial charge in [0.2, 0.25) is 10.0 Å². The molecule has 0 heterocycles. The summed E-state index contributed by atoms with van der Waals surface area (Å²) in [4.78, 5) is -0.0733. The van der Waals surface area contributed by atoms with Gasteiger partial charge in [-0.1, -0.05) is 6.92 Å². The molecule has 0 spiro atoms. The van der Waals surface area contributed by atoms with Crippen LogP contribution in [0.25, 0.3) is 0 Å². The van der Waals surface area contributed by atoms with Gasteiger partial charge in [0.15, 0.2) is 0 Å². The minimum Gasteiger partial charge on any atom is -0.396 e. The van der Waals surface area contributed by atoms with Crippen molar-refractivity contribution in [3.63, 3.8) is 0 Å². The number of nitrogens with two attached hydrogens (primary N) is 1. The number of rotatable bonds is 5. The van der Waals surface area contributed by atoms with Gasteiger partial charge in [0.05, 0.1) is 10.6 Å². The van der Waals surface area contributed by atoms with Gasteiger partial charge < -0.3 is 5.73 Å². The highest BCUT2D eigenvalue weighted by atomic mass is 32.2. The summed E-state index contributed by atoms with van der Waals surface area (Å²) in [5.74, 6) is 0.326. The Morgan fingerprint density at radius 2 is 2.20 bits per heavy atom. The first-order valence-corrected chi connectivity index (χ1v) is 9.14. The largest absolute Gasteiger partial charge is 0.396 e. The van der Waals surface area contributed by atoms with E-state index < -0.39 is 15.8 Å². The van der Waals surface area contributed by atoms with Crippen molar-refractivity contribution in [2.45, 2.75) is 42.4 Å². The molecule has 0 aliphatic heterocycles. The Bertz CT molecular complexity index is 578. The molecular formula is C13H19FN2O2S2. The normalized spacial score (nSPS) is 23.1. The molecule has 1 aromatic carbocycles. The lowest BCUT2D eigenvalue weighted by atomic mass is 10.3. The van der Waals surface area contributed by atoms with E-state index in [-0.39, 0.29) is 16.6 Å². The predicted molar refractivity (Wildman–Crippen MR) is 80.7 cm³/mol. The van der Waals surface area contributed by atoms with E-state index in [0.29, 0.717) is 5.25 Å². The molecule has 0 bridgehead atoms. The highest BCUT2D eigenvalue weighted by molar-refractivity contribution is 7.99. The minimum atomic E-state index is -3.68. The number of benzene rings is 1. The summed E-state index contributed by atoms with van der Waals surface area (Å²) < 4.78 is 40.4. The number of anilines is 1. The van der Waals surface area contributed by atoms with Gasteiger partial charge in [-0.25, -0.2) is 17.5 Å². The van der Waals surface area contributed by atoms with Crippen LogP contribution in [0.5, 0.6) is 0 Å². The quantitative estimate of drug-likeness (QED) is 0.818. The van der Waals surface area contributed by atoms with E-state index in [4.69, 9.17) is 5.73 Å². The molecule has 2 rings (SSSR count). The number of thioether (sulfide) groups is 1. The maximum absolute atomic E-state index is 13.4. The molecule has 1 aliphatic rings. The van der Waals surface area contributed by atoms with Crippen LogP contribution < -0.4 is 10.5 Å². The van der Waals surface area contributed by atoms with E-state index in [0.717, 1.165) is 31.1 Å². The molecule has 1 aliphatic carbocycles. The average molecular weight is 318 g/mol. The molecule has 7 heteroatoms. The van der Waals surface area contributed by atoms with Crippen molar-refractivity contribution in [1.29, 1.82) is 0 Å². The first-order chi connectivity index (χ1) is 9.42. The summed E-state index contributed by atoms with van der Waals surface area (Å²) in [6.45, 7) is 2.10. The van der Waals surface area contributed by atoms with Crippen LogP contribution in [-0.4, -0.2) is 25.5 Å². The van der Waals surface area contributed by atoms with Crippen LogP contribution >= 0.6 is 11.8 Å². The maximum atomic E-state index is 13.4. The fourth-order valence-corrected chi connectivity index (χ4v) is 4.83. The van der Waals surface area contributed by atoms with Crippen molar-refractivity contribution in [1.82, 2.24) is 4.72 Å². The highest BCUT2D eigenvalue weighted by Crippen LogP contribution is 2.30. The predicted octanol–water partition coefficient (Wildman–Crippen LogP) is 2.36. The summed E-state index contributed by atoms with van der Waals surface area (Å²) in [5.41, 5.74) is 5.30. The topological polar surface area (TPSA) is 72.2 Å². The Kier molecular flexibility index (Phi) is 4.93. The zero-order valence-corrected chi connectivity index (χ0v) is 12.9. The van der Waals surface area contributed by atoms with Crippen molar-refractivity contribution < 1.29 is 12.8 Å². The summed E-state index contributed by atoms with van der Waals surface area (Å²) in [7, 11) is -3.68. The second kappa shape index (κ2) is 6.32. The second-order valence-electron chi connectivity index (χ2n) is 4.89. The molecule has 112 valence electrons. The molecule has 0 aromatic heterocycles. The number of nitrogen functional groups attached to an aromatic ring is 1. The molecule has 0 amide bonds. The maximum Gasteiger partial charge on any atom is 0.240 e. The first-order valence-electron chi connectivity index (χ1n) is 6.61. The van der Waals surface area contributed by atoms with Crippen LogP contribution in [0.15, 0.2) is 23.1 Å². The summed E-state index contributed by atoms with van der Waals surface area (Å²) in [6, 6.07) is 3.50. The summed E-state index contributed by atoms with van der Waals surface area (Å²) >= 11 is 1.86. The zero-order chi connectivity index (χ0) is 14.8. The van der Waals surface area contributed by atoms with E-state index >= 15 is 0 Å². The SMILES string of the molecule is CCSC1CCC(NS(=O)(=O)c2ccc(N)c(F)c2)C1. The van der Waals surface area contributed by atoms with Crippen LogP contribution in [0.3, 0.4) is 0 Å². The van der Waals surface area contributed by atoms with E-state index in [2.05, 4.69) is 11.6 Å². The highest BCUT2D eigenvalue weighted by Gasteiger charge is 2.28. The van der Waals surface area contributed by atoms with Gasteiger partial charge in [-0.3, -0.25) is 0 Å². The average Bonchev–Trinajstić information content (AvgIpc) is 2.79. The lowest BCUT2D eigenvalue weighted by Gasteiger charge is -2.14. The lowest BCUT2D eigenvalue weighted by molar-refractivity contribution is 0.550. The minimum absolute atomic E-state index is 0.0516. The number of nitrogens with one attached hydrogen (secondary N) is 1. The van der Waals surface area contributed by atoms with Crippen LogP contribution in [-0.2, 0) is 10.0 Å². The van der Waals surface area contributed by atoms with Crippen LogP contribution in [0.1, 0.15) is 26.2 Å². The second-order valence-corrected chi connectivity index (χ2v) is 8.18. The van der Waals surface area contributed by atoms with E-state index in [1.807, 2.05) is 11.8 Å². The fraction of sp³-hybridized carbons (Fsp3) is 0.538. The standard InChI is InChI=1S/C13H19FN2O2S2/c1-2-19-10-4-3-9(7-10)16-20(17,18)11-5-6-13(15)12(14)8-11/h5-6,8-10,16H,2-4,7,15H2,1H3. The lowest BCUT2D eigenvalue weighted by Crippen LogP contribution is -2.33. The molecule has 0 saturated heterocycles. The van der Waals surface area contributed by atoms with Crippen LogP contribution in [0.4, 0.5) is 10.1 Å². The number of hydrogen-bond donors (Lipinski definition) is 2. The third-order valence-corrected chi connectivity index (χ3v) is 6.14. The monoisotopic (exact) mass is 318 g/mol. The van der Waals surface area contributed by atoms with Gasteiger partial charge in [0, 0.05) is 11.3 Å². The third-order valence-electron chi connectivity index (χ3n) is 3.39. The molecule has 2 unspecified atom stereocenters. The Balaban J connectivity index is 2.06. The van der Waals surface area contributed by atoms with Crippen LogP contribution in [0, 0.1) is 5.82 Å². The molecule has 1 saturated carbocycles. The van der Waals surface area contributed by atoms with Gasteiger partial charge in [0.25, 0.3) is 0 Å². The first kappa shape index (κ1) is 15.6. The number of hydrogen-bond acceptors (Lipinski definition) is 4. The number of halogens is 1. The van der Waals surface area contributed by atoms with E-state index in [1.54, 1.807) is 0 Å². The fourth-order valence-electron chi connectivity index (χ4n) is 2.40. The Hall–Kier alpha value is -0.790. The molecule has 1 aromatic rings. The molecule has 4 nitrogen and oxygen atoms in total. The summed E-state index contributed by atoms with van der Waals surface area (Å²) in [6.07, 6.45) is 2.67. The van der Waals surface area contributed by atoms with Gasteiger partial charge in [0.1, 0.15) is 5.82 Å². The van der Waals surface area contributed by atoms with Gasteiger partial charge in [-0.2, -0.15) is 11.8 Å². The van der Waals surface area contributed by atoms with Crippen LogP contribution in [0.2, 0.25) is 0 Å². The van der Waals surface area contributed by atoms with E-state index in [1.165, 1.54) is 12.1 Å². The molecule has 2 atom stereocenters. The smallest absolute Gasteiger partial charge is 0.240 e. The molecular weight excluding hydrogens is 299 g/mol. The molecule has 0 radical (unpaired) electrons. The molecule has 1 fully saturated rings. The third kappa shape index (κ3) is 3.65. The Morgan fingerprint density at radius 1 is 1.45 bits per heavy atom. The Morgan fingerprint density at radius 3 is 2.85 bits per heavy atom.